The minimum absolute atomic E-state index is 0.0535. The third-order valence-electron chi connectivity index (χ3n) is 5.27. The molecule has 1 aromatic carbocycles. The maximum atomic E-state index is 13.4. The Kier molecular flexibility index (Phi) is 10.7. The van der Waals surface area contributed by atoms with Gasteiger partial charge in [-0.15, -0.1) is 6.58 Å². The van der Waals surface area contributed by atoms with Gasteiger partial charge in [-0.3, -0.25) is 14.5 Å². The molecule has 1 aromatic heterocycles. The van der Waals surface area contributed by atoms with E-state index >= 15 is 0 Å². The minimum atomic E-state index is -0.469. The van der Waals surface area contributed by atoms with Crippen LogP contribution in [0.15, 0.2) is 59.5 Å². The van der Waals surface area contributed by atoms with Crippen molar-refractivity contribution in [2.75, 3.05) is 26.2 Å². The lowest BCUT2D eigenvalue weighted by Gasteiger charge is -2.31. The van der Waals surface area contributed by atoms with Crippen molar-refractivity contribution in [1.29, 1.82) is 0 Å². The maximum absolute atomic E-state index is 13.4. The van der Waals surface area contributed by atoms with Gasteiger partial charge in [0.15, 0.2) is 0 Å². The van der Waals surface area contributed by atoms with Crippen LogP contribution in [0.1, 0.15) is 43.8 Å². The number of aryl methyl sites for hydroxylation is 1. The number of hydrogen-bond donors (Lipinski definition) is 0. The molecule has 0 aliphatic heterocycles. The van der Waals surface area contributed by atoms with E-state index < -0.39 is 6.04 Å². The van der Waals surface area contributed by atoms with E-state index in [1.807, 2.05) is 49.1 Å². The van der Waals surface area contributed by atoms with Crippen molar-refractivity contribution in [3.63, 3.8) is 0 Å². The molecule has 0 spiro atoms. The van der Waals surface area contributed by atoms with Gasteiger partial charge in [-0.05, 0) is 44.4 Å². The Morgan fingerprint density at radius 2 is 1.91 bits per heavy atom. The number of furan rings is 1. The first-order chi connectivity index (χ1) is 15.5. The molecule has 1 heterocycles. The molecule has 1 atom stereocenters. The number of amides is 1. The highest BCUT2D eigenvalue weighted by molar-refractivity contribution is 5.80. The molecule has 0 saturated heterocycles. The number of carbonyl (C=O) groups excluding carboxylic acids is 2. The number of carbonyl (C=O) groups is 2. The van der Waals surface area contributed by atoms with Crippen LogP contribution in [-0.4, -0.2) is 54.0 Å². The van der Waals surface area contributed by atoms with Crippen molar-refractivity contribution in [1.82, 2.24) is 9.80 Å². The molecule has 0 aliphatic carbocycles. The molecule has 0 aliphatic rings. The quantitative estimate of drug-likeness (QED) is 0.322. The van der Waals surface area contributed by atoms with Gasteiger partial charge in [0, 0.05) is 13.1 Å². The summed E-state index contributed by atoms with van der Waals surface area (Å²) in [6.45, 7) is 11.3. The number of rotatable bonds is 14. The average molecular weight is 441 g/mol. The minimum Gasteiger partial charge on any atom is -0.465 e. The zero-order chi connectivity index (χ0) is 23.3. The smallest absolute Gasteiger partial charge is 0.323 e. The third-order valence-corrected chi connectivity index (χ3v) is 5.27. The molecule has 174 valence electrons. The van der Waals surface area contributed by atoms with E-state index in [4.69, 9.17) is 9.15 Å². The fraction of sp³-hybridized carbons (Fsp3) is 0.462. The molecule has 1 amide bonds. The van der Waals surface area contributed by atoms with Crippen LogP contribution >= 0.6 is 0 Å². The first-order valence-electron chi connectivity index (χ1n) is 11.4. The molecule has 2 rings (SSSR count). The zero-order valence-corrected chi connectivity index (χ0v) is 19.6. The van der Waals surface area contributed by atoms with E-state index in [9.17, 15) is 9.59 Å². The average Bonchev–Trinajstić information content (AvgIpc) is 3.20. The Labute approximate surface area is 191 Å². The lowest BCUT2D eigenvalue weighted by atomic mass is 10.1. The van der Waals surface area contributed by atoms with Gasteiger partial charge < -0.3 is 14.1 Å². The summed E-state index contributed by atoms with van der Waals surface area (Å²) in [6, 6.07) is 13.4. The van der Waals surface area contributed by atoms with Crippen molar-refractivity contribution >= 4 is 11.9 Å². The number of ether oxygens (including phenoxy) is 1. The maximum Gasteiger partial charge on any atom is 0.323 e. The second kappa shape index (κ2) is 13.5. The predicted molar refractivity (Wildman–Crippen MR) is 126 cm³/mol. The van der Waals surface area contributed by atoms with E-state index in [2.05, 4.69) is 18.7 Å². The van der Waals surface area contributed by atoms with Crippen LogP contribution in [0.5, 0.6) is 0 Å². The van der Waals surface area contributed by atoms with Crippen LogP contribution in [-0.2, 0) is 27.3 Å². The van der Waals surface area contributed by atoms with Crippen LogP contribution < -0.4 is 0 Å². The zero-order valence-electron chi connectivity index (χ0n) is 19.6. The van der Waals surface area contributed by atoms with Gasteiger partial charge in [0.25, 0.3) is 0 Å². The van der Waals surface area contributed by atoms with Gasteiger partial charge in [0.2, 0.25) is 5.91 Å². The molecule has 0 radical (unpaired) electrons. The van der Waals surface area contributed by atoms with Crippen LogP contribution in [0.2, 0.25) is 0 Å². The van der Waals surface area contributed by atoms with Crippen molar-refractivity contribution in [3.8, 4) is 0 Å². The van der Waals surface area contributed by atoms with E-state index in [0.29, 0.717) is 32.7 Å². The van der Waals surface area contributed by atoms with Crippen LogP contribution in [0.4, 0.5) is 0 Å². The monoisotopic (exact) mass is 440 g/mol. The topological polar surface area (TPSA) is 63.0 Å². The molecular weight excluding hydrogens is 404 g/mol. The highest BCUT2D eigenvalue weighted by Crippen LogP contribution is 2.14. The molecule has 0 fully saturated rings. The Morgan fingerprint density at radius 3 is 2.50 bits per heavy atom. The largest absolute Gasteiger partial charge is 0.465 e. The summed E-state index contributed by atoms with van der Waals surface area (Å²) in [7, 11) is 0. The van der Waals surface area contributed by atoms with Crippen molar-refractivity contribution in [2.45, 2.75) is 52.6 Å². The van der Waals surface area contributed by atoms with Gasteiger partial charge in [-0.2, -0.15) is 0 Å². The summed E-state index contributed by atoms with van der Waals surface area (Å²) < 4.78 is 11.0. The highest BCUT2D eigenvalue weighted by atomic mass is 16.5. The van der Waals surface area contributed by atoms with Gasteiger partial charge >= 0.3 is 5.97 Å². The Hall–Kier alpha value is -2.86. The van der Waals surface area contributed by atoms with Gasteiger partial charge in [-0.1, -0.05) is 49.8 Å². The number of esters is 1. The van der Waals surface area contributed by atoms with Crippen LogP contribution in [0, 0.1) is 6.92 Å². The molecule has 6 heteroatoms. The second-order valence-electron chi connectivity index (χ2n) is 7.84. The summed E-state index contributed by atoms with van der Waals surface area (Å²) in [5.74, 6) is 1.22. The van der Waals surface area contributed by atoms with Crippen molar-refractivity contribution in [2.24, 2.45) is 0 Å². The highest BCUT2D eigenvalue weighted by Gasteiger charge is 2.29. The molecule has 0 N–H and O–H groups in total. The summed E-state index contributed by atoms with van der Waals surface area (Å²) in [4.78, 5) is 29.6. The summed E-state index contributed by atoms with van der Waals surface area (Å²) in [6.07, 6.45) is 3.90. The van der Waals surface area contributed by atoms with Gasteiger partial charge in [0.05, 0.1) is 19.7 Å². The lowest BCUT2D eigenvalue weighted by molar-refractivity contribution is -0.150. The van der Waals surface area contributed by atoms with Crippen LogP contribution in [0.25, 0.3) is 0 Å². The third kappa shape index (κ3) is 8.00. The van der Waals surface area contributed by atoms with E-state index in [1.54, 1.807) is 17.9 Å². The predicted octanol–water partition coefficient (Wildman–Crippen LogP) is 4.38. The van der Waals surface area contributed by atoms with Crippen LogP contribution in [0.3, 0.4) is 0 Å². The SMILES string of the molecule is C=CCN(CC(=O)N(CCc1ccccc1)Cc1ccc(C)o1)[C@H](CCC)C(=O)OCC. The Bertz CT molecular complexity index is 847. The molecular formula is C26H36N2O4. The van der Waals surface area contributed by atoms with E-state index in [0.717, 1.165) is 24.4 Å². The summed E-state index contributed by atoms with van der Waals surface area (Å²) in [5.41, 5.74) is 1.17. The number of hydrogen-bond acceptors (Lipinski definition) is 5. The van der Waals surface area contributed by atoms with Crippen molar-refractivity contribution in [3.05, 3.63) is 72.2 Å². The van der Waals surface area contributed by atoms with E-state index in [-0.39, 0.29) is 18.4 Å². The molecule has 0 saturated carbocycles. The molecule has 2 aromatic rings. The fourth-order valence-corrected chi connectivity index (χ4v) is 3.66. The second-order valence-corrected chi connectivity index (χ2v) is 7.84. The van der Waals surface area contributed by atoms with Gasteiger partial charge in [-0.25, -0.2) is 0 Å². The first-order valence-corrected chi connectivity index (χ1v) is 11.4. The van der Waals surface area contributed by atoms with E-state index in [1.165, 1.54) is 5.56 Å². The molecule has 0 bridgehead atoms. The summed E-state index contributed by atoms with van der Waals surface area (Å²) >= 11 is 0. The Morgan fingerprint density at radius 1 is 1.16 bits per heavy atom. The normalized spacial score (nSPS) is 11.9. The van der Waals surface area contributed by atoms with Crippen molar-refractivity contribution < 1.29 is 18.7 Å². The lowest BCUT2D eigenvalue weighted by Crippen LogP contribution is -2.48. The molecule has 0 unspecified atom stereocenters. The van der Waals surface area contributed by atoms with Gasteiger partial charge in [0.1, 0.15) is 17.6 Å². The standard InChI is InChI=1S/C26H36N2O4/c1-5-11-24(26(30)31-7-3)27(17-6-2)20-25(29)28(19-23-15-14-21(4)32-23)18-16-22-12-9-8-10-13-22/h6,8-10,12-15,24H,2,5,7,11,16-20H2,1,3-4H3/t24-/m1/s1. The number of nitrogens with zero attached hydrogens (tertiary/aromatic N) is 2. The summed E-state index contributed by atoms with van der Waals surface area (Å²) in [5, 5.41) is 0. The fourth-order valence-electron chi connectivity index (χ4n) is 3.66. The molecule has 32 heavy (non-hydrogen) atoms. The molecule has 6 nitrogen and oxygen atoms in total. The first kappa shape index (κ1) is 25.4. The number of benzene rings is 1. The Balaban J connectivity index is 2.17.